The van der Waals surface area contributed by atoms with Crippen LogP contribution in [0.2, 0.25) is 0 Å². The van der Waals surface area contributed by atoms with Crippen molar-refractivity contribution in [1.29, 1.82) is 0 Å². The maximum Gasteiger partial charge on any atom is 0.170 e. The number of Topliss-reactive ketones (excluding diaryl/α,β-unsaturated/α-hetero) is 1. The second kappa shape index (κ2) is 5.41. The summed E-state index contributed by atoms with van der Waals surface area (Å²) in [6, 6.07) is 4.20. The quantitative estimate of drug-likeness (QED) is 0.837. The van der Waals surface area contributed by atoms with E-state index in [1.807, 2.05) is 0 Å². The monoisotopic (exact) mass is 291 g/mol. The first-order chi connectivity index (χ1) is 9.97. The van der Waals surface area contributed by atoms with Crippen LogP contribution in [0.15, 0.2) is 18.2 Å². The molecule has 3 nitrogen and oxygen atoms in total. The van der Waals surface area contributed by atoms with Crippen molar-refractivity contribution >= 4 is 5.78 Å². The SMILES string of the molecule is CC(C)CN1CCC2(CC1)CC(=O)c1ccc(F)cc1O2. The number of carbonyl (C=O) groups is 1. The Morgan fingerprint density at radius 1 is 1.33 bits per heavy atom. The topological polar surface area (TPSA) is 29.5 Å². The summed E-state index contributed by atoms with van der Waals surface area (Å²) < 4.78 is 19.5. The lowest BCUT2D eigenvalue weighted by Crippen LogP contribution is -2.51. The van der Waals surface area contributed by atoms with Gasteiger partial charge in [-0.15, -0.1) is 0 Å². The highest BCUT2D eigenvalue weighted by molar-refractivity contribution is 6.00. The normalized spacial score (nSPS) is 21.4. The van der Waals surface area contributed by atoms with E-state index in [0.717, 1.165) is 32.5 Å². The first-order valence-corrected chi connectivity index (χ1v) is 7.72. The van der Waals surface area contributed by atoms with Crippen LogP contribution in [0, 0.1) is 11.7 Å². The molecule has 0 aromatic heterocycles. The minimum atomic E-state index is -0.425. The molecule has 0 saturated carbocycles. The summed E-state index contributed by atoms with van der Waals surface area (Å²) in [5.41, 5.74) is 0.0948. The molecule has 2 aliphatic rings. The lowest BCUT2D eigenvalue weighted by molar-refractivity contribution is -0.0112. The van der Waals surface area contributed by atoms with Crippen molar-refractivity contribution in [3.63, 3.8) is 0 Å². The minimum Gasteiger partial charge on any atom is -0.486 e. The van der Waals surface area contributed by atoms with Gasteiger partial charge in [-0.2, -0.15) is 0 Å². The molecule has 0 radical (unpaired) electrons. The molecule has 21 heavy (non-hydrogen) atoms. The van der Waals surface area contributed by atoms with E-state index in [2.05, 4.69) is 18.7 Å². The van der Waals surface area contributed by atoms with Crippen LogP contribution in [-0.4, -0.2) is 35.9 Å². The van der Waals surface area contributed by atoms with Crippen molar-refractivity contribution in [3.8, 4) is 5.75 Å². The van der Waals surface area contributed by atoms with E-state index in [1.165, 1.54) is 18.2 Å². The molecule has 0 atom stereocenters. The number of ketones is 1. The van der Waals surface area contributed by atoms with Gasteiger partial charge in [0, 0.05) is 38.5 Å². The molecule has 0 aliphatic carbocycles. The molecule has 1 saturated heterocycles. The Balaban J connectivity index is 1.75. The van der Waals surface area contributed by atoms with Gasteiger partial charge in [-0.1, -0.05) is 13.8 Å². The van der Waals surface area contributed by atoms with E-state index in [4.69, 9.17) is 4.74 Å². The molecule has 2 heterocycles. The summed E-state index contributed by atoms with van der Waals surface area (Å²) >= 11 is 0. The van der Waals surface area contributed by atoms with Crippen molar-refractivity contribution in [1.82, 2.24) is 4.90 Å². The van der Waals surface area contributed by atoms with Crippen LogP contribution in [0.25, 0.3) is 0 Å². The third-order valence-electron chi connectivity index (χ3n) is 4.44. The summed E-state index contributed by atoms with van der Waals surface area (Å²) in [6.45, 7) is 7.38. The van der Waals surface area contributed by atoms with Gasteiger partial charge in [-0.05, 0) is 18.1 Å². The summed E-state index contributed by atoms with van der Waals surface area (Å²) in [5, 5.41) is 0. The zero-order chi connectivity index (χ0) is 15.0. The summed E-state index contributed by atoms with van der Waals surface area (Å²) in [7, 11) is 0. The first kappa shape index (κ1) is 14.5. The molecular formula is C17H22FNO2. The van der Waals surface area contributed by atoms with Gasteiger partial charge in [0.25, 0.3) is 0 Å². The van der Waals surface area contributed by atoms with Crippen LogP contribution in [0.3, 0.4) is 0 Å². The largest absolute Gasteiger partial charge is 0.486 e. The molecular weight excluding hydrogens is 269 g/mol. The van der Waals surface area contributed by atoms with Gasteiger partial charge < -0.3 is 9.64 Å². The average molecular weight is 291 g/mol. The second-order valence-electron chi connectivity index (χ2n) is 6.72. The number of rotatable bonds is 2. The fourth-order valence-corrected chi connectivity index (χ4v) is 3.41. The van der Waals surface area contributed by atoms with E-state index >= 15 is 0 Å². The molecule has 1 spiro atoms. The Labute approximate surface area is 125 Å². The van der Waals surface area contributed by atoms with Gasteiger partial charge >= 0.3 is 0 Å². The Kier molecular flexibility index (Phi) is 3.74. The summed E-state index contributed by atoms with van der Waals surface area (Å²) in [5.74, 6) is 0.788. The summed E-state index contributed by atoms with van der Waals surface area (Å²) in [6.07, 6.45) is 2.09. The van der Waals surface area contributed by atoms with E-state index in [9.17, 15) is 9.18 Å². The van der Waals surface area contributed by atoms with Crippen molar-refractivity contribution in [3.05, 3.63) is 29.6 Å². The first-order valence-electron chi connectivity index (χ1n) is 7.72. The van der Waals surface area contributed by atoms with E-state index in [0.29, 0.717) is 23.7 Å². The number of ether oxygens (including phenoxy) is 1. The fraction of sp³-hybridized carbons (Fsp3) is 0.588. The van der Waals surface area contributed by atoms with E-state index in [1.54, 1.807) is 0 Å². The summed E-state index contributed by atoms with van der Waals surface area (Å²) in [4.78, 5) is 14.7. The number of piperidine rings is 1. The fourth-order valence-electron chi connectivity index (χ4n) is 3.41. The third kappa shape index (κ3) is 2.95. The van der Waals surface area contributed by atoms with Gasteiger partial charge in [0.05, 0.1) is 12.0 Å². The third-order valence-corrected chi connectivity index (χ3v) is 4.44. The standard InChI is InChI=1S/C17H22FNO2/c1-12(2)11-19-7-5-17(6-8-19)10-15(20)14-4-3-13(18)9-16(14)21-17/h3-4,9,12H,5-8,10-11H2,1-2H3. The molecule has 2 aliphatic heterocycles. The van der Waals surface area contributed by atoms with Crippen LogP contribution in [0.4, 0.5) is 4.39 Å². The molecule has 1 aromatic rings. The number of hydrogen-bond acceptors (Lipinski definition) is 3. The number of nitrogens with zero attached hydrogens (tertiary/aromatic N) is 1. The molecule has 3 rings (SSSR count). The molecule has 4 heteroatoms. The van der Waals surface area contributed by atoms with Crippen LogP contribution in [-0.2, 0) is 0 Å². The van der Waals surface area contributed by atoms with Crippen molar-refractivity contribution in [2.24, 2.45) is 5.92 Å². The van der Waals surface area contributed by atoms with Gasteiger partial charge in [0.1, 0.15) is 17.2 Å². The zero-order valence-corrected chi connectivity index (χ0v) is 12.7. The Bertz CT molecular complexity index is 548. The Morgan fingerprint density at radius 3 is 2.71 bits per heavy atom. The molecule has 1 fully saturated rings. The number of fused-ring (bicyclic) bond motifs is 1. The van der Waals surface area contributed by atoms with Crippen molar-refractivity contribution in [2.45, 2.75) is 38.7 Å². The second-order valence-corrected chi connectivity index (χ2v) is 6.72. The highest BCUT2D eigenvalue weighted by Gasteiger charge is 2.42. The molecule has 114 valence electrons. The molecule has 0 N–H and O–H groups in total. The van der Waals surface area contributed by atoms with E-state index < -0.39 is 5.60 Å². The number of benzene rings is 1. The molecule has 0 unspecified atom stereocenters. The lowest BCUT2D eigenvalue weighted by Gasteiger charge is -2.44. The van der Waals surface area contributed by atoms with Crippen LogP contribution in [0.1, 0.15) is 43.5 Å². The number of hydrogen-bond donors (Lipinski definition) is 0. The maximum absolute atomic E-state index is 13.4. The lowest BCUT2D eigenvalue weighted by atomic mass is 9.82. The van der Waals surface area contributed by atoms with Crippen LogP contribution >= 0.6 is 0 Å². The number of likely N-dealkylation sites (tertiary alicyclic amines) is 1. The van der Waals surface area contributed by atoms with Crippen LogP contribution in [0.5, 0.6) is 5.75 Å². The molecule has 1 aromatic carbocycles. The Hall–Kier alpha value is -1.42. The van der Waals surface area contributed by atoms with Crippen LogP contribution < -0.4 is 4.74 Å². The highest BCUT2D eigenvalue weighted by Crippen LogP contribution is 2.39. The maximum atomic E-state index is 13.4. The van der Waals surface area contributed by atoms with Gasteiger partial charge in [0.2, 0.25) is 0 Å². The molecule has 0 amide bonds. The number of carbonyl (C=O) groups excluding carboxylic acids is 1. The highest BCUT2D eigenvalue weighted by atomic mass is 19.1. The van der Waals surface area contributed by atoms with Gasteiger partial charge in [-0.3, -0.25) is 4.79 Å². The molecule has 0 bridgehead atoms. The van der Waals surface area contributed by atoms with Crippen molar-refractivity contribution < 1.29 is 13.9 Å². The van der Waals surface area contributed by atoms with E-state index in [-0.39, 0.29) is 11.6 Å². The number of halogens is 1. The Morgan fingerprint density at radius 2 is 2.05 bits per heavy atom. The average Bonchev–Trinajstić information content (AvgIpc) is 2.40. The smallest absolute Gasteiger partial charge is 0.170 e. The van der Waals surface area contributed by atoms with Crippen molar-refractivity contribution in [2.75, 3.05) is 19.6 Å². The van der Waals surface area contributed by atoms with Gasteiger partial charge in [-0.25, -0.2) is 4.39 Å². The van der Waals surface area contributed by atoms with Gasteiger partial charge in [0.15, 0.2) is 5.78 Å². The predicted octanol–water partition coefficient (Wildman–Crippen LogP) is 3.28. The zero-order valence-electron chi connectivity index (χ0n) is 12.7. The predicted molar refractivity (Wildman–Crippen MR) is 79.2 cm³/mol. The minimum absolute atomic E-state index is 0.0774.